The number of amides is 1. The topological polar surface area (TPSA) is 82.6 Å². The van der Waals surface area contributed by atoms with Crippen molar-refractivity contribution in [2.24, 2.45) is 0 Å². The molecule has 3 aromatic rings. The molecule has 0 aliphatic heterocycles. The molecule has 0 radical (unpaired) electrons. The standard InChI is InChI=1S/C20H19FN2O4/c1-27-17-6-7-18-14(11-17)10-15(19(25)22-18)12-23(8-9-24)20(26)13-2-4-16(21)5-3-13/h2-7,10-11,24H,8-9,12H2,1H3,(H,22,25). The highest BCUT2D eigenvalue weighted by molar-refractivity contribution is 5.94. The molecule has 0 fully saturated rings. The second-order valence-corrected chi connectivity index (χ2v) is 6.03. The van der Waals surface area contributed by atoms with E-state index < -0.39 is 11.7 Å². The number of pyridine rings is 1. The average Bonchev–Trinajstić information content (AvgIpc) is 2.67. The van der Waals surface area contributed by atoms with Crippen LogP contribution in [0.2, 0.25) is 0 Å². The summed E-state index contributed by atoms with van der Waals surface area (Å²) in [5.41, 5.74) is 0.994. The molecule has 0 atom stereocenters. The summed E-state index contributed by atoms with van der Waals surface area (Å²) in [6.45, 7) is -0.197. The Labute approximate surface area is 154 Å². The summed E-state index contributed by atoms with van der Waals surface area (Å²) in [4.78, 5) is 29.2. The Hall–Kier alpha value is -3.19. The van der Waals surface area contributed by atoms with Crippen LogP contribution in [0, 0.1) is 5.82 Å². The molecule has 27 heavy (non-hydrogen) atoms. The normalized spacial score (nSPS) is 10.8. The number of fused-ring (bicyclic) bond motifs is 1. The molecule has 0 aliphatic rings. The van der Waals surface area contributed by atoms with Crippen LogP contribution in [0.15, 0.2) is 53.3 Å². The van der Waals surface area contributed by atoms with Crippen molar-refractivity contribution in [3.05, 3.63) is 75.8 Å². The first-order valence-corrected chi connectivity index (χ1v) is 8.37. The number of hydrogen-bond donors (Lipinski definition) is 2. The Kier molecular flexibility index (Phi) is 5.52. The Morgan fingerprint density at radius 2 is 1.93 bits per heavy atom. The lowest BCUT2D eigenvalue weighted by atomic mass is 10.1. The molecule has 1 heterocycles. The number of nitrogens with one attached hydrogen (secondary N) is 1. The number of halogens is 1. The van der Waals surface area contributed by atoms with Crippen molar-refractivity contribution in [2.75, 3.05) is 20.3 Å². The monoisotopic (exact) mass is 370 g/mol. The summed E-state index contributed by atoms with van der Waals surface area (Å²) in [5.74, 6) is -0.190. The van der Waals surface area contributed by atoms with Gasteiger partial charge >= 0.3 is 0 Å². The number of benzene rings is 2. The van der Waals surface area contributed by atoms with E-state index in [1.165, 1.54) is 29.2 Å². The van der Waals surface area contributed by atoms with E-state index >= 15 is 0 Å². The van der Waals surface area contributed by atoms with E-state index in [9.17, 15) is 19.1 Å². The van der Waals surface area contributed by atoms with Gasteiger partial charge in [0.1, 0.15) is 11.6 Å². The van der Waals surface area contributed by atoms with Crippen LogP contribution >= 0.6 is 0 Å². The van der Waals surface area contributed by atoms with Crippen LogP contribution in [0.25, 0.3) is 10.9 Å². The van der Waals surface area contributed by atoms with Gasteiger partial charge in [-0.2, -0.15) is 0 Å². The van der Waals surface area contributed by atoms with E-state index in [1.54, 1.807) is 31.4 Å². The fourth-order valence-electron chi connectivity index (χ4n) is 2.83. The third-order valence-electron chi connectivity index (χ3n) is 4.24. The zero-order chi connectivity index (χ0) is 19.4. The van der Waals surface area contributed by atoms with Gasteiger partial charge in [-0.05, 0) is 48.5 Å². The summed E-state index contributed by atoms with van der Waals surface area (Å²) in [7, 11) is 1.55. The van der Waals surface area contributed by atoms with Crippen molar-refractivity contribution in [1.29, 1.82) is 0 Å². The van der Waals surface area contributed by atoms with Crippen LogP contribution in [0.3, 0.4) is 0 Å². The van der Waals surface area contributed by atoms with Crippen molar-refractivity contribution in [3.63, 3.8) is 0 Å². The largest absolute Gasteiger partial charge is 0.497 e. The zero-order valence-corrected chi connectivity index (χ0v) is 14.7. The van der Waals surface area contributed by atoms with Gasteiger partial charge in [-0.1, -0.05) is 0 Å². The predicted molar refractivity (Wildman–Crippen MR) is 99.3 cm³/mol. The number of nitrogens with zero attached hydrogens (tertiary/aromatic N) is 1. The van der Waals surface area contributed by atoms with Crippen LogP contribution in [-0.2, 0) is 6.54 Å². The fraction of sp³-hybridized carbons (Fsp3) is 0.200. The molecule has 7 heteroatoms. The van der Waals surface area contributed by atoms with Gasteiger partial charge in [0, 0.05) is 28.6 Å². The van der Waals surface area contributed by atoms with Crippen molar-refractivity contribution < 1.29 is 19.0 Å². The molecule has 2 N–H and O–H groups in total. The molecule has 0 saturated heterocycles. The molecule has 6 nitrogen and oxygen atoms in total. The summed E-state index contributed by atoms with van der Waals surface area (Å²) < 4.78 is 18.3. The molecule has 0 unspecified atom stereocenters. The van der Waals surface area contributed by atoms with E-state index in [0.717, 1.165) is 5.39 Å². The minimum atomic E-state index is -0.444. The Morgan fingerprint density at radius 3 is 2.59 bits per heavy atom. The van der Waals surface area contributed by atoms with E-state index in [1.807, 2.05) is 0 Å². The SMILES string of the molecule is COc1ccc2[nH]c(=O)c(CN(CCO)C(=O)c3ccc(F)cc3)cc2c1. The predicted octanol–water partition coefficient (Wildman–Crippen LogP) is 2.31. The van der Waals surface area contributed by atoms with Gasteiger partial charge in [0.25, 0.3) is 11.5 Å². The number of aliphatic hydroxyl groups excluding tert-OH is 1. The maximum Gasteiger partial charge on any atom is 0.254 e. The molecular weight excluding hydrogens is 351 g/mol. The molecule has 3 rings (SSSR count). The lowest BCUT2D eigenvalue weighted by Crippen LogP contribution is -2.35. The third kappa shape index (κ3) is 4.15. The molecule has 0 aliphatic carbocycles. The number of carbonyl (C=O) groups excluding carboxylic acids is 1. The second-order valence-electron chi connectivity index (χ2n) is 6.03. The quantitative estimate of drug-likeness (QED) is 0.698. The van der Waals surface area contributed by atoms with Gasteiger partial charge in [0.15, 0.2) is 0 Å². The van der Waals surface area contributed by atoms with E-state index in [4.69, 9.17) is 4.74 Å². The van der Waals surface area contributed by atoms with Gasteiger partial charge in [-0.3, -0.25) is 9.59 Å². The molecule has 1 amide bonds. The van der Waals surface area contributed by atoms with Crippen LogP contribution < -0.4 is 10.3 Å². The van der Waals surface area contributed by atoms with E-state index in [0.29, 0.717) is 16.8 Å². The molecular formula is C20H19FN2O4. The highest BCUT2D eigenvalue weighted by Gasteiger charge is 2.17. The molecule has 140 valence electrons. The maximum absolute atomic E-state index is 13.1. The number of H-pyrrole nitrogens is 1. The highest BCUT2D eigenvalue weighted by Crippen LogP contribution is 2.19. The summed E-state index contributed by atoms with van der Waals surface area (Å²) >= 11 is 0. The summed E-state index contributed by atoms with van der Waals surface area (Å²) in [6.07, 6.45) is 0. The van der Waals surface area contributed by atoms with Gasteiger partial charge in [0.05, 0.1) is 20.3 Å². The zero-order valence-electron chi connectivity index (χ0n) is 14.7. The second kappa shape index (κ2) is 8.01. The fourth-order valence-corrected chi connectivity index (χ4v) is 2.83. The number of aliphatic hydroxyl groups is 1. The van der Waals surface area contributed by atoms with Crippen molar-refractivity contribution in [3.8, 4) is 5.75 Å². The third-order valence-corrected chi connectivity index (χ3v) is 4.24. The number of hydrogen-bond acceptors (Lipinski definition) is 4. The lowest BCUT2D eigenvalue weighted by Gasteiger charge is -2.22. The first kappa shape index (κ1) is 18.6. The first-order chi connectivity index (χ1) is 13.0. The van der Waals surface area contributed by atoms with Gasteiger partial charge in [-0.25, -0.2) is 4.39 Å². The number of rotatable bonds is 6. The van der Waals surface area contributed by atoms with E-state index in [-0.39, 0.29) is 30.8 Å². The average molecular weight is 370 g/mol. The Balaban J connectivity index is 1.93. The Bertz CT molecular complexity index is 1010. The van der Waals surface area contributed by atoms with E-state index in [2.05, 4.69) is 4.98 Å². The van der Waals surface area contributed by atoms with Crippen LogP contribution in [0.4, 0.5) is 4.39 Å². The van der Waals surface area contributed by atoms with Crippen molar-refractivity contribution >= 4 is 16.8 Å². The van der Waals surface area contributed by atoms with Crippen LogP contribution in [0.5, 0.6) is 5.75 Å². The number of carbonyl (C=O) groups is 1. The van der Waals surface area contributed by atoms with Gasteiger partial charge in [-0.15, -0.1) is 0 Å². The number of aromatic amines is 1. The molecule has 1 aromatic heterocycles. The molecule has 0 saturated carbocycles. The summed E-state index contributed by atoms with van der Waals surface area (Å²) in [6, 6.07) is 12.1. The maximum atomic E-state index is 13.1. The molecule has 2 aromatic carbocycles. The smallest absolute Gasteiger partial charge is 0.254 e. The number of ether oxygens (including phenoxy) is 1. The molecule has 0 bridgehead atoms. The minimum absolute atomic E-state index is 0.0131. The lowest BCUT2D eigenvalue weighted by molar-refractivity contribution is 0.0707. The number of methoxy groups -OCH3 is 1. The molecule has 0 spiro atoms. The number of aromatic nitrogens is 1. The van der Waals surface area contributed by atoms with Crippen molar-refractivity contribution in [1.82, 2.24) is 9.88 Å². The highest BCUT2D eigenvalue weighted by atomic mass is 19.1. The van der Waals surface area contributed by atoms with Crippen LogP contribution in [0.1, 0.15) is 15.9 Å². The van der Waals surface area contributed by atoms with Crippen molar-refractivity contribution in [2.45, 2.75) is 6.54 Å². The van der Waals surface area contributed by atoms with Crippen LogP contribution in [-0.4, -0.2) is 41.2 Å². The Morgan fingerprint density at radius 1 is 1.19 bits per heavy atom. The first-order valence-electron chi connectivity index (χ1n) is 8.37. The minimum Gasteiger partial charge on any atom is -0.497 e. The van der Waals surface area contributed by atoms with Gasteiger partial charge in [0.2, 0.25) is 0 Å². The summed E-state index contributed by atoms with van der Waals surface area (Å²) in [5, 5.41) is 10.1. The van der Waals surface area contributed by atoms with Gasteiger partial charge < -0.3 is 19.7 Å².